The van der Waals surface area contributed by atoms with Crippen molar-refractivity contribution < 1.29 is 0 Å². The van der Waals surface area contributed by atoms with Crippen LogP contribution in [-0.4, -0.2) is 4.98 Å². The summed E-state index contributed by atoms with van der Waals surface area (Å²) >= 11 is 0. The first kappa shape index (κ1) is 28.4. The van der Waals surface area contributed by atoms with Crippen LogP contribution in [0, 0.1) is 0 Å². The minimum atomic E-state index is 0.993. The van der Waals surface area contributed by atoms with Gasteiger partial charge in [0.25, 0.3) is 0 Å². The van der Waals surface area contributed by atoms with Crippen LogP contribution in [0.2, 0.25) is 0 Å². The summed E-state index contributed by atoms with van der Waals surface area (Å²) in [6, 6.07) is 66.1. The van der Waals surface area contributed by atoms with E-state index in [4.69, 9.17) is 4.98 Å². The maximum atomic E-state index is 5.18. The van der Waals surface area contributed by atoms with E-state index in [0.29, 0.717) is 0 Å². The van der Waals surface area contributed by atoms with E-state index >= 15 is 0 Å². The highest BCUT2D eigenvalue weighted by Gasteiger charge is 2.19. The number of fused-ring (bicyclic) bond motifs is 5. The smallest absolute Gasteiger partial charge is 0.0780 e. The van der Waals surface area contributed by atoms with Crippen molar-refractivity contribution in [1.29, 1.82) is 0 Å². The highest BCUT2D eigenvalue weighted by Crippen LogP contribution is 2.46. The molecule has 0 amide bonds. The number of rotatable bonds is 4. The van der Waals surface area contributed by atoms with Crippen LogP contribution in [0.5, 0.6) is 0 Å². The van der Waals surface area contributed by atoms with E-state index in [0.717, 1.165) is 22.2 Å². The van der Waals surface area contributed by atoms with E-state index in [9.17, 15) is 0 Å². The van der Waals surface area contributed by atoms with Crippen molar-refractivity contribution in [1.82, 2.24) is 4.98 Å². The second-order valence-electron chi connectivity index (χ2n) is 13.1. The van der Waals surface area contributed by atoms with Crippen molar-refractivity contribution >= 4 is 53.9 Å². The van der Waals surface area contributed by atoms with Crippen LogP contribution >= 0.6 is 0 Å². The molecule has 232 valence electrons. The summed E-state index contributed by atoms with van der Waals surface area (Å²) in [6.45, 7) is 0. The molecule has 0 radical (unpaired) electrons. The molecule has 0 saturated heterocycles. The fraction of sp³-hybridized carbons (Fsp3) is 0. The van der Waals surface area contributed by atoms with Crippen molar-refractivity contribution in [2.24, 2.45) is 0 Å². The third-order valence-corrected chi connectivity index (χ3v) is 10.3. The lowest BCUT2D eigenvalue weighted by Crippen LogP contribution is -1.94. The van der Waals surface area contributed by atoms with Crippen LogP contribution < -0.4 is 0 Å². The largest absolute Gasteiger partial charge is 0.255 e. The zero-order valence-electron chi connectivity index (χ0n) is 27.3. The molecule has 10 rings (SSSR count). The first-order valence-electron chi connectivity index (χ1n) is 17.2. The minimum absolute atomic E-state index is 0.993. The summed E-state index contributed by atoms with van der Waals surface area (Å²) in [7, 11) is 0. The Morgan fingerprint density at radius 1 is 0.280 bits per heavy atom. The van der Waals surface area contributed by atoms with Crippen molar-refractivity contribution in [2.75, 3.05) is 0 Å². The fourth-order valence-electron chi connectivity index (χ4n) is 7.91. The summed E-state index contributed by atoms with van der Waals surface area (Å²) in [5.74, 6) is 0. The van der Waals surface area contributed by atoms with Crippen LogP contribution in [-0.2, 0) is 0 Å². The van der Waals surface area contributed by atoms with E-state index in [1.165, 1.54) is 76.3 Å². The number of aromatic nitrogens is 1. The van der Waals surface area contributed by atoms with Gasteiger partial charge in [0.15, 0.2) is 0 Å². The molecular weight excluding hydrogens is 603 g/mol. The fourth-order valence-corrected chi connectivity index (χ4v) is 7.91. The molecule has 1 heteroatoms. The first-order valence-corrected chi connectivity index (χ1v) is 17.2. The summed E-state index contributed by atoms with van der Waals surface area (Å²) in [6.07, 6.45) is 2.04. The summed E-state index contributed by atoms with van der Waals surface area (Å²) in [4.78, 5) is 5.18. The number of pyridine rings is 1. The maximum Gasteiger partial charge on any atom is 0.0780 e. The molecule has 1 nitrogen and oxygen atoms in total. The first-order chi connectivity index (χ1) is 24.8. The van der Waals surface area contributed by atoms with E-state index in [1.54, 1.807) is 0 Å². The van der Waals surface area contributed by atoms with E-state index in [1.807, 2.05) is 6.20 Å². The van der Waals surface area contributed by atoms with Crippen LogP contribution in [0.15, 0.2) is 188 Å². The Morgan fingerprint density at radius 2 is 0.760 bits per heavy atom. The molecule has 0 aliphatic rings. The maximum absolute atomic E-state index is 5.18. The molecule has 0 spiro atoms. The van der Waals surface area contributed by atoms with Gasteiger partial charge >= 0.3 is 0 Å². The van der Waals surface area contributed by atoms with Gasteiger partial charge < -0.3 is 0 Å². The Bertz CT molecular complexity index is 2920. The summed E-state index contributed by atoms with van der Waals surface area (Å²) in [5, 5.41) is 12.3. The van der Waals surface area contributed by atoms with Crippen molar-refractivity contribution in [3.05, 3.63) is 188 Å². The van der Waals surface area contributed by atoms with Gasteiger partial charge in [-0.3, -0.25) is 4.98 Å². The molecular formula is C49H31N. The monoisotopic (exact) mass is 633 g/mol. The lowest BCUT2D eigenvalue weighted by Gasteiger charge is -2.19. The van der Waals surface area contributed by atoms with Crippen LogP contribution in [0.3, 0.4) is 0 Å². The molecule has 9 aromatic carbocycles. The lowest BCUT2D eigenvalue weighted by atomic mass is 9.84. The minimum Gasteiger partial charge on any atom is -0.255 e. The van der Waals surface area contributed by atoms with Gasteiger partial charge in [0.05, 0.1) is 5.69 Å². The normalized spacial score (nSPS) is 11.6. The van der Waals surface area contributed by atoms with E-state index in [-0.39, 0.29) is 0 Å². The third-order valence-electron chi connectivity index (χ3n) is 10.3. The van der Waals surface area contributed by atoms with Gasteiger partial charge in [-0.2, -0.15) is 0 Å². The van der Waals surface area contributed by atoms with Crippen LogP contribution in [0.4, 0.5) is 0 Å². The molecule has 0 bridgehead atoms. The Hall–Kier alpha value is -6.57. The third kappa shape index (κ3) is 4.59. The SMILES string of the molecule is c1ccc(-c2cnc(-c3ccc4c(-c5ccc6ccccc6c5)c5ccccc5c(-c5ccc6ccccc6c5)c4c3)c3ccccc23)cc1. The van der Waals surface area contributed by atoms with Gasteiger partial charge in [0.2, 0.25) is 0 Å². The van der Waals surface area contributed by atoms with Crippen molar-refractivity contribution in [3.63, 3.8) is 0 Å². The Kier molecular flexibility index (Phi) is 6.57. The molecule has 1 aromatic heterocycles. The molecule has 0 aliphatic carbocycles. The molecule has 1 heterocycles. The zero-order valence-corrected chi connectivity index (χ0v) is 27.3. The second kappa shape index (κ2) is 11.5. The standard InChI is InChI=1S/C49H31N/c1-2-14-34(15-3-1)46-31-50-49(44-21-11-8-18-40(44)46)39-26-27-43-45(30-39)48(38-25-23-33-13-5-7-17-36(33)29-38)42-20-10-9-19-41(42)47(43)37-24-22-32-12-4-6-16-35(32)28-37/h1-31H. The second-order valence-corrected chi connectivity index (χ2v) is 13.1. The molecule has 0 saturated carbocycles. The summed E-state index contributed by atoms with van der Waals surface area (Å²) < 4.78 is 0. The molecule has 0 N–H and O–H groups in total. The number of nitrogens with zero attached hydrogens (tertiary/aromatic N) is 1. The molecule has 0 atom stereocenters. The van der Waals surface area contributed by atoms with Gasteiger partial charge in [-0.15, -0.1) is 0 Å². The Balaban J connectivity index is 1.30. The lowest BCUT2D eigenvalue weighted by molar-refractivity contribution is 1.36. The zero-order chi connectivity index (χ0) is 33.0. The predicted octanol–water partition coefficient (Wildman–Crippen LogP) is 13.5. The number of hydrogen-bond donors (Lipinski definition) is 0. The Morgan fingerprint density at radius 3 is 1.40 bits per heavy atom. The van der Waals surface area contributed by atoms with Gasteiger partial charge in [0.1, 0.15) is 0 Å². The number of benzene rings is 9. The molecule has 10 aromatic rings. The average molecular weight is 634 g/mol. The van der Waals surface area contributed by atoms with Gasteiger partial charge in [0, 0.05) is 22.7 Å². The quantitative estimate of drug-likeness (QED) is 0.176. The van der Waals surface area contributed by atoms with Gasteiger partial charge in [-0.25, -0.2) is 0 Å². The average Bonchev–Trinajstić information content (AvgIpc) is 3.19. The highest BCUT2D eigenvalue weighted by molar-refractivity contribution is 6.23. The van der Waals surface area contributed by atoms with Crippen molar-refractivity contribution in [2.45, 2.75) is 0 Å². The van der Waals surface area contributed by atoms with E-state index < -0.39 is 0 Å². The highest BCUT2D eigenvalue weighted by atomic mass is 14.7. The van der Waals surface area contributed by atoms with Gasteiger partial charge in [-0.05, 0) is 94.5 Å². The van der Waals surface area contributed by atoms with Crippen molar-refractivity contribution in [3.8, 4) is 44.6 Å². The van der Waals surface area contributed by atoms with Crippen LogP contribution in [0.25, 0.3) is 98.5 Å². The van der Waals surface area contributed by atoms with E-state index in [2.05, 4.69) is 182 Å². The van der Waals surface area contributed by atoms with Gasteiger partial charge in [-0.1, -0.05) is 164 Å². The Labute approximate surface area is 290 Å². The molecule has 0 aliphatic heterocycles. The topological polar surface area (TPSA) is 12.9 Å². The van der Waals surface area contributed by atoms with Crippen LogP contribution in [0.1, 0.15) is 0 Å². The molecule has 50 heavy (non-hydrogen) atoms. The number of hydrogen-bond acceptors (Lipinski definition) is 1. The molecule has 0 unspecified atom stereocenters. The summed E-state index contributed by atoms with van der Waals surface area (Å²) in [5.41, 5.74) is 9.36. The molecule has 0 fully saturated rings. The predicted molar refractivity (Wildman–Crippen MR) is 214 cm³/mol.